The van der Waals surface area contributed by atoms with Crippen molar-refractivity contribution in [3.63, 3.8) is 0 Å². The number of nitrogens with zero attached hydrogens (tertiary/aromatic N) is 2. The summed E-state index contributed by atoms with van der Waals surface area (Å²) in [7, 11) is 2.11. The summed E-state index contributed by atoms with van der Waals surface area (Å²) in [6.07, 6.45) is 1.57. The van der Waals surface area contributed by atoms with Gasteiger partial charge >= 0.3 is 0 Å². The van der Waals surface area contributed by atoms with Gasteiger partial charge in [0.05, 0.1) is 5.56 Å². The molecule has 1 unspecified atom stereocenters. The Hall–Kier alpha value is -3.00. The predicted molar refractivity (Wildman–Crippen MR) is 110 cm³/mol. The van der Waals surface area contributed by atoms with Gasteiger partial charge in [0.25, 0.3) is 5.91 Å². The first-order chi connectivity index (χ1) is 13.5. The molecule has 146 valence electrons. The predicted octanol–water partition coefficient (Wildman–Crippen LogP) is 3.66. The first-order valence-corrected chi connectivity index (χ1v) is 9.76. The fraction of sp³-hybridized carbons (Fsp3) is 0.391. The summed E-state index contributed by atoms with van der Waals surface area (Å²) in [5.74, 6) is 0.247. The van der Waals surface area contributed by atoms with Crippen LogP contribution in [0.1, 0.15) is 37.0 Å². The second kappa shape index (κ2) is 8.79. The third kappa shape index (κ3) is 4.45. The van der Waals surface area contributed by atoms with E-state index in [0.29, 0.717) is 17.9 Å². The molecule has 1 N–H and O–H groups in total. The molecule has 0 aromatic heterocycles. The fourth-order valence-corrected chi connectivity index (χ4v) is 3.53. The second-order valence-corrected chi connectivity index (χ2v) is 7.60. The quantitative estimate of drug-likeness (QED) is 0.834. The van der Waals surface area contributed by atoms with Crippen molar-refractivity contribution in [2.45, 2.75) is 39.3 Å². The van der Waals surface area contributed by atoms with E-state index in [1.54, 1.807) is 24.3 Å². The molecule has 2 aromatic rings. The zero-order valence-electron chi connectivity index (χ0n) is 16.7. The Morgan fingerprint density at radius 2 is 2.07 bits per heavy atom. The van der Waals surface area contributed by atoms with Crippen molar-refractivity contribution in [1.29, 1.82) is 5.26 Å². The van der Waals surface area contributed by atoms with Crippen LogP contribution >= 0.6 is 0 Å². The molecule has 28 heavy (non-hydrogen) atoms. The zero-order chi connectivity index (χ0) is 20.1. The average Bonchev–Trinajstić information content (AvgIpc) is 2.70. The number of carbonyl (C=O) groups is 1. The summed E-state index contributed by atoms with van der Waals surface area (Å²) in [5.41, 5.74) is 4.13. The van der Waals surface area contributed by atoms with Gasteiger partial charge in [-0.05, 0) is 48.1 Å². The van der Waals surface area contributed by atoms with E-state index >= 15 is 0 Å². The van der Waals surface area contributed by atoms with Crippen molar-refractivity contribution in [2.75, 3.05) is 18.5 Å². The van der Waals surface area contributed by atoms with Gasteiger partial charge in [0.1, 0.15) is 11.8 Å². The van der Waals surface area contributed by atoms with Crippen molar-refractivity contribution >= 4 is 11.6 Å². The molecule has 0 radical (unpaired) electrons. The highest BCUT2D eigenvalue weighted by Gasteiger charge is 2.25. The highest BCUT2D eigenvalue weighted by Crippen LogP contribution is 2.27. The van der Waals surface area contributed by atoms with Crippen LogP contribution in [0.15, 0.2) is 42.5 Å². The van der Waals surface area contributed by atoms with E-state index in [4.69, 9.17) is 4.74 Å². The Balaban J connectivity index is 1.67. The number of para-hydroxylation sites is 1. The van der Waals surface area contributed by atoms with E-state index in [2.05, 4.69) is 41.5 Å². The highest BCUT2D eigenvalue weighted by atomic mass is 16.5. The summed E-state index contributed by atoms with van der Waals surface area (Å²) < 4.78 is 5.91. The molecule has 0 saturated heterocycles. The second-order valence-electron chi connectivity index (χ2n) is 7.60. The number of ether oxygens (including phenoxy) is 1. The van der Waals surface area contributed by atoms with Crippen molar-refractivity contribution < 1.29 is 9.53 Å². The van der Waals surface area contributed by atoms with Gasteiger partial charge in [-0.1, -0.05) is 38.1 Å². The summed E-state index contributed by atoms with van der Waals surface area (Å²) in [5, 5.41) is 12.2. The lowest BCUT2D eigenvalue weighted by Gasteiger charge is -2.28. The van der Waals surface area contributed by atoms with Crippen molar-refractivity contribution in [2.24, 2.45) is 5.92 Å². The topological polar surface area (TPSA) is 65.4 Å². The van der Waals surface area contributed by atoms with Crippen LogP contribution in [-0.2, 0) is 17.8 Å². The normalized spacial score (nSPS) is 14.2. The maximum absolute atomic E-state index is 12.8. The molecule has 5 heteroatoms. The zero-order valence-corrected chi connectivity index (χ0v) is 16.7. The van der Waals surface area contributed by atoms with Crippen LogP contribution in [0.3, 0.4) is 0 Å². The van der Waals surface area contributed by atoms with E-state index in [1.165, 1.54) is 11.3 Å². The number of hydrogen-bond donors (Lipinski definition) is 1. The Bertz CT molecular complexity index is 886. The molecule has 1 amide bonds. The summed E-state index contributed by atoms with van der Waals surface area (Å²) in [6, 6.07) is 15.5. The molecule has 3 rings (SSSR count). The third-order valence-electron chi connectivity index (χ3n) is 5.09. The molecule has 0 spiro atoms. The Morgan fingerprint density at radius 1 is 1.29 bits per heavy atom. The van der Waals surface area contributed by atoms with Gasteiger partial charge < -0.3 is 15.0 Å². The van der Waals surface area contributed by atoms with E-state index in [0.717, 1.165) is 24.9 Å². The monoisotopic (exact) mass is 377 g/mol. The number of hydrogen-bond acceptors (Lipinski definition) is 4. The minimum atomic E-state index is -0.654. The van der Waals surface area contributed by atoms with Crippen LogP contribution in [0.25, 0.3) is 0 Å². The largest absolute Gasteiger partial charge is 0.479 e. The molecule has 0 bridgehead atoms. The molecule has 1 aliphatic rings. The van der Waals surface area contributed by atoms with Crippen LogP contribution < -0.4 is 15.0 Å². The van der Waals surface area contributed by atoms with E-state index in [-0.39, 0.29) is 11.8 Å². The first kappa shape index (κ1) is 19.8. The van der Waals surface area contributed by atoms with Crippen LogP contribution in [0.4, 0.5) is 5.69 Å². The van der Waals surface area contributed by atoms with Crippen molar-refractivity contribution in [1.82, 2.24) is 5.32 Å². The van der Waals surface area contributed by atoms with Gasteiger partial charge in [0, 0.05) is 25.8 Å². The number of carbonyl (C=O) groups excluding carboxylic acids is 1. The maximum atomic E-state index is 12.8. The molecule has 1 atom stereocenters. The highest BCUT2D eigenvalue weighted by molar-refractivity contribution is 5.81. The summed E-state index contributed by atoms with van der Waals surface area (Å²) >= 11 is 0. The molecular formula is C23H27N3O2. The number of aryl methyl sites for hydroxylation is 1. The Morgan fingerprint density at radius 3 is 2.82 bits per heavy atom. The smallest absolute Gasteiger partial charge is 0.261 e. The van der Waals surface area contributed by atoms with E-state index in [1.807, 2.05) is 13.8 Å². The van der Waals surface area contributed by atoms with Crippen LogP contribution in [0, 0.1) is 17.2 Å². The van der Waals surface area contributed by atoms with Crippen LogP contribution in [0.5, 0.6) is 5.75 Å². The molecule has 0 saturated carbocycles. The molecule has 1 heterocycles. The van der Waals surface area contributed by atoms with Gasteiger partial charge in [0.2, 0.25) is 0 Å². The number of benzene rings is 2. The maximum Gasteiger partial charge on any atom is 0.261 e. The van der Waals surface area contributed by atoms with E-state index in [9.17, 15) is 10.1 Å². The lowest BCUT2D eigenvalue weighted by molar-refractivity contribution is -0.130. The molecule has 0 aliphatic carbocycles. The van der Waals surface area contributed by atoms with Gasteiger partial charge in [0.15, 0.2) is 6.10 Å². The summed E-state index contributed by atoms with van der Waals surface area (Å²) in [4.78, 5) is 15.0. The van der Waals surface area contributed by atoms with Crippen LogP contribution in [-0.4, -0.2) is 25.6 Å². The van der Waals surface area contributed by atoms with E-state index < -0.39 is 6.10 Å². The number of fused-ring (bicyclic) bond motifs is 1. The number of anilines is 1. The number of nitrogens with one attached hydrogen (secondary N) is 1. The molecule has 0 fully saturated rings. The number of rotatable bonds is 6. The SMILES string of the molecule is CC(C)C(Oc1ccccc1C#N)C(=O)NCc1ccc2c(c1)CCCN2C. The minimum absolute atomic E-state index is 0.0241. The van der Waals surface area contributed by atoms with Gasteiger partial charge in [-0.15, -0.1) is 0 Å². The van der Waals surface area contributed by atoms with Gasteiger partial charge in [-0.2, -0.15) is 5.26 Å². The van der Waals surface area contributed by atoms with Crippen molar-refractivity contribution in [3.05, 3.63) is 59.2 Å². The Kier molecular flexibility index (Phi) is 6.20. The van der Waals surface area contributed by atoms with Gasteiger partial charge in [-0.3, -0.25) is 4.79 Å². The fourth-order valence-electron chi connectivity index (χ4n) is 3.53. The summed E-state index contributed by atoms with van der Waals surface area (Å²) in [6.45, 7) is 5.42. The third-order valence-corrected chi connectivity index (χ3v) is 5.09. The van der Waals surface area contributed by atoms with Gasteiger partial charge in [-0.25, -0.2) is 0 Å². The molecule has 2 aromatic carbocycles. The average molecular weight is 377 g/mol. The molecular weight excluding hydrogens is 350 g/mol. The lowest BCUT2D eigenvalue weighted by atomic mass is 9.99. The first-order valence-electron chi connectivity index (χ1n) is 9.76. The van der Waals surface area contributed by atoms with Crippen LogP contribution in [0.2, 0.25) is 0 Å². The molecule has 1 aliphatic heterocycles. The molecule has 5 nitrogen and oxygen atoms in total. The lowest BCUT2D eigenvalue weighted by Crippen LogP contribution is -2.41. The van der Waals surface area contributed by atoms with Crippen molar-refractivity contribution in [3.8, 4) is 11.8 Å². The minimum Gasteiger partial charge on any atom is -0.479 e. The number of amides is 1. The number of nitriles is 1. The standard InChI is InChI=1S/C23H27N3O2/c1-16(2)22(28-21-9-5-4-7-19(21)14-24)23(27)25-15-17-10-11-20-18(13-17)8-6-12-26(20)3/h4-5,7,9-11,13,16,22H,6,8,12,15H2,1-3H3,(H,25,27). The Labute approximate surface area is 166 Å².